The Hall–Kier alpha value is -3.04. The highest BCUT2D eigenvalue weighted by molar-refractivity contribution is 5.96. The molecule has 0 fully saturated rings. The van der Waals surface area contributed by atoms with Crippen LogP contribution in [0.1, 0.15) is 57.3 Å². The molecule has 0 heterocycles. The standard InChI is InChI=1S/C20H18F6N2O2/c1-10(2)16(11-3-5-12(6-4-11)17(27)29)28-18(30)14-9-13(19(21,22)23)7-8-15(14)20(24,25)26/h3-10,16H,1-2H3,(H2,27,29)(H,28,30). The average Bonchev–Trinajstić information content (AvgIpc) is 2.63. The zero-order valence-corrected chi connectivity index (χ0v) is 15.9. The van der Waals surface area contributed by atoms with E-state index in [2.05, 4.69) is 5.32 Å². The van der Waals surface area contributed by atoms with Crippen LogP contribution in [0.3, 0.4) is 0 Å². The molecule has 3 N–H and O–H groups in total. The van der Waals surface area contributed by atoms with Crippen molar-refractivity contribution in [3.63, 3.8) is 0 Å². The lowest BCUT2D eigenvalue weighted by Crippen LogP contribution is -2.33. The summed E-state index contributed by atoms with van der Waals surface area (Å²) in [6.07, 6.45) is -9.94. The Bertz CT molecular complexity index is 934. The van der Waals surface area contributed by atoms with Crippen LogP contribution in [0.15, 0.2) is 42.5 Å². The van der Waals surface area contributed by atoms with Crippen molar-refractivity contribution in [1.82, 2.24) is 5.32 Å². The first kappa shape index (κ1) is 23.2. The summed E-state index contributed by atoms with van der Waals surface area (Å²) in [5.74, 6) is -2.31. The molecular formula is C20H18F6N2O2. The van der Waals surface area contributed by atoms with E-state index in [1.54, 1.807) is 13.8 Å². The Kier molecular flexibility index (Phi) is 6.48. The number of hydrogen-bond donors (Lipinski definition) is 2. The summed E-state index contributed by atoms with van der Waals surface area (Å²) in [7, 11) is 0. The molecular weight excluding hydrogens is 414 g/mol. The molecule has 0 aliphatic rings. The first-order chi connectivity index (χ1) is 13.7. The normalized spacial score (nSPS) is 13.2. The van der Waals surface area contributed by atoms with Crippen LogP contribution in [0, 0.1) is 5.92 Å². The van der Waals surface area contributed by atoms with Gasteiger partial charge in [-0.1, -0.05) is 26.0 Å². The second-order valence-corrected chi connectivity index (χ2v) is 6.94. The largest absolute Gasteiger partial charge is 0.417 e. The lowest BCUT2D eigenvalue weighted by molar-refractivity contribution is -0.141. The maximum Gasteiger partial charge on any atom is 0.417 e. The summed E-state index contributed by atoms with van der Waals surface area (Å²) in [6.45, 7) is 3.34. The molecule has 0 saturated heterocycles. The minimum absolute atomic E-state index is 0.185. The van der Waals surface area contributed by atoms with E-state index in [1.165, 1.54) is 24.3 Å². The van der Waals surface area contributed by atoms with E-state index >= 15 is 0 Å². The summed E-state index contributed by atoms with van der Waals surface area (Å²) < 4.78 is 78.7. The molecule has 30 heavy (non-hydrogen) atoms. The van der Waals surface area contributed by atoms with E-state index in [0.29, 0.717) is 5.56 Å². The van der Waals surface area contributed by atoms with Gasteiger partial charge in [0.15, 0.2) is 0 Å². The van der Waals surface area contributed by atoms with Gasteiger partial charge in [0, 0.05) is 5.56 Å². The lowest BCUT2D eigenvalue weighted by Gasteiger charge is -2.24. The van der Waals surface area contributed by atoms with Crippen molar-refractivity contribution in [3.05, 3.63) is 70.3 Å². The zero-order valence-electron chi connectivity index (χ0n) is 15.9. The van der Waals surface area contributed by atoms with E-state index in [1.807, 2.05) is 0 Å². The summed E-state index contributed by atoms with van der Waals surface area (Å²) in [6, 6.07) is 5.56. The molecule has 2 rings (SSSR count). The number of carbonyl (C=O) groups excluding carboxylic acids is 2. The van der Waals surface area contributed by atoms with Crippen LogP contribution >= 0.6 is 0 Å². The van der Waals surface area contributed by atoms with Crippen LogP contribution in [0.2, 0.25) is 0 Å². The molecule has 0 radical (unpaired) electrons. The molecule has 162 valence electrons. The van der Waals surface area contributed by atoms with Gasteiger partial charge in [0.2, 0.25) is 5.91 Å². The first-order valence-corrected chi connectivity index (χ1v) is 8.71. The predicted octanol–water partition coefficient (Wildman–Crippen LogP) is 4.95. The first-order valence-electron chi connectivity index (χ1n) is 8.71. The van der Waals surface area contributed by atoms with E-state index in [-0.39, 0.29) is 29.7 Å². The Morgan fingerprint density at radius 2 is 1.47 bits per heavy atom. The van der Waals surface area contributed by atoms with E-state index in [9.17, 15) is 35.9 Å². The van der Waals surface area contributed by atoms with Crippen LogP contribution < -0.4 is 11.1 Å². The fourth-order valence-corrected chi connectivity index (χ4v) is 2.86. The Morgan fingerprint density at radius 1 is 0.900 bits per heavy atom. The smallest absolute Gasteiger partial charge is 0.366 e. The van der Waals surface area contributed by atoms with Gasteiger partial charge in [-0.25, -0.2) is 0 Å². The number of alkyl halides is 6. The van der Waals surface area contributed by atoms with Gasteiger partial charge in [-0.05, 0) is 41.8 Å². The second-order valence-electron chi connectivity index (χ2n) is 6.94. The van der Waals surface area contributed by atoms with Crippen LogP contribution in [0.25, 0.3) is 0 Å². The second kappa shape index (κ2) is 8.37. The quantitative estimate of drug-likeness (QED) is 0.657. The molecule has 10 heteroatoms. The van der Waals surface area contributed by atoms with Crippen molar-refractivity contribution < 1.29 is 35.9 Å². The number of benzene rings is 2. The number of nitrogens with one attached hydrogen (secondary N) is 1. The van der Waals surface area contributed by atoms with Gasteiger partial charge in [-0.3, -0.25) is 9.59 Å². The SMILES string of the molecule is CC(C)C(NC(=O)c1cc(C(F)(F)F)ccc1C(F)(F)F)c1ccc(C(N)=O)cc1. The number of nitrogens with two attached hydrogens (primary N) is 1. The van der Waals surface area contributed by atoms with E-state index < -0.39 is 46.9 Å². The molecule has 4 nitrogen and oxygen atoms in total. The number of amides is 2. The molecule has 0 spiro atoms. The van der Waals surface area contributed by atoms with Crippen LogP contribution in [-0.4, -0.2) is 11.8 Å². The fraction of sp³-hybridized carbons (Fsp3) is 0.300. The third-order valence-electron chi connectivity index (χ3n) is 4.40. The molecule has 1 atom stereocenters. The molecule has 1 unspecified atom stereocenters. The van der Waals surface area contributed by atoms with Gasteiger partial charge in [-0.2, -0.15) is 26.3 Å². The molecule has 0 bridgehead atoms. The maximum absolute atomic E-state index is 13.3. The third kappa shape index (κ3) is 5.31. The highest BCUT2D eigenvalue weighted by Crippen LogP contribution is 2.37. The summed E-state index contributed by atoms with van der Waals surface area (Å²) in [5.41, 5.74) is 1.82. The van der Waals surface area contributed by atoms with Gasteiger partial charge in [0.25, 0.3) is 5.91 Å². The van der Waals surface area contributed by atoms with Crippen molar-refractivity contribution in [3.8, 4) is 0 Å². The Morgan fingerprint density at radius 3 is 1.90 bits per heavy atom. The van der Waals surface area contributed by atoms with Crippen molar-refractivity contribution in [2.24, 2.45) is 11.7 Å². The van der Waals surface area contributed by atoms with E-state index in [4.69, 9.17) is 5.73 Å². The molecule has 0 aliphatic heterocycles. The maximum atomic E-state index is 13.3. The number of hydrogen-bond acceptors (Lipinski definition) is 2. The van der Waals surface area contributed by atoms with Crippen molar-refractivity contribution in [2.45, 2.75) is 32.2 Å². The van der Waals surface area contributed by atoms with Gasteiger partial charge in [0.05, 0.1) is 22.7 Å². The molecule has 2 aromatic rings. The molecule has 0 saturated carbocycles. The monoisotopic (exact) mass is 432 g/mol. The zero-order chi connectivity index (χ0) is 22.9. The molecule has 0 aliphatic carbocycles. The Labute approximate surface area is 168 Å². The summed E-state index contributed by atoms with van der Waals surface area (Å²) in [5, 5.41) is 2.37. The highest BCUT2D eigenvalue weighted by atomic mass is 19.4. The predicted molar refractivity (Wildman–Crippen MR) is 96.5 cm³/mol. The minimum atomic E-state index is -5.02. The van der Waals surface area contributed by atoms with Gasteiger partial charge < -0.3 is 11.1 Å². The van der Waals surface area contributed by atoms with Crippen LogP contribution in [-0.2, 0) is 12.4 Å². The molecule has 2 aromatic carbocycles. The van der Waals surface area contributed by atoms with Gasteiger partial charge in [-0.15, -0.1) is 0 Å². The molecule has 0 aromatic heterocycles. The van der Waals surface area contributed by atoms with Crippen molar-refractivity contribution >= 4 is 11.8 Å². The van der Waals surface area contributed by atoms with Gasteiger partial charge in [0.1, 0.15) is 0 Å². The van der Waals surface area contributed by atoms with Crippen molar-refractivity contribution in [1.29, 1.82) is 0 Å². The minimum Gasteiger partial charge on any atom is -0.366 e. The van der Waals surface area contributed by atoms with E-state index in [0.717, 1.165) is 0 Å². The van der Waals surface area contributed by atoms with Gasteiger partial charge >= 0.3 is 12.4 Å². The number of primary amides is 1. The fourth-order valence-electron chi connectivity index (χ4n) is 2.86. The summed E-state index contributed by atoms with van der Waals surface area (Å²) >= 11 is 0. The summed E-state index contributed by atoms with van der Waals surface area (Å²) in [4.78, 5) is 23.8. The number of halogens is 6. The lowest BCUT2D eigenvalue weighted by atomic mass is 9.94. The number of rotatable bonds is 5. The molecule has 2 amide bonds. The topological polar surface area (TPSA) is 72.2 Å². The van der Waals surface area contributed by atoms with Crippen LogP contribution in [0.4, 0.5) is 26.3 Å². The number of carbonyl (C=O) groups is 2. The average molecular weight is 432 g/mol. The highest BCUT2D eigenvalue weighted by Gasteiger charge is 2.39. The van der Waals surface area contributed by atoms with Crippen LogP contribution in [0.5, 0.6) is 0 Å². The third-order valence-corrected chi connectivity index (χ3v) is 4.40. The van der Waals surface area contributed by atoms with Crippen molar-refractivity contribution in [2.75, 3.05) is 0 Å². The Balaban J connectivity index is 2.45.